The molecule has 1 aliphatic rings. The first-order valence-electron chi connectivity index (χ1n) is 3.46. The lowest BCUT2D eigenvalue weighted by molar-refractivity contribution is 0.256. The highest BCUT2D eigenvalue weighted by molar-refractivity contribution is 9.10. The molecule has 0 bridgehead atoms. The summed E-state index contributed by atoms with van der Waals surface area (Å²) in [6, 6.07) is -0.0995. The van der Waals surface area contributed by atoms with Crippen molar-refractivity contribution in [2.75, 3.05) is 7.11 Å². The maximum absolute atomic E-state index is 5.88. The number of alkyl halides is 1. The van der Waals surface area contributed by atoms with Crippen molar-refractivity contribution in [1.29, 1.82) is 0 Å². The topological polar surface area (TPSA) is 35.2 Å². The summed E-state index contributed by atoms with van der Waals surface area (Å²) in [7, 11) is 1.63. The van der Waals surface area contributed by atoms with E-state index in [0.717, 1.165) is 5.76 Å². The number of nitrogens with two attached hydrogens (primary N) is 1. The highest BCUT2D eigenvalue weighted by atomic mass is 79.9. The fourth-order valence-corrected chi connectivity index (χ4v) is 1.39. The lowest BCUT2D eigenvalue weighted by Crippen LogP contribution is -2.42. The van der Waals surface area contributed by atoms with Gasteiger partial charge in [-0.05, 0) is 13.0 Å². The quantitative estimate of drug-likeness (QED) is 0.678. The van der Waals surface area contributed by atoms with Crippen LogP contribution in [0.15, 0.2) is 24.0 Å². The third kappa shape index (κ3) is 1.65. The van der Waals surface area contributed by atoms with Gasteiger partial charge >= 0.3 is 0 Å². The van der Waals surface area contributed by atoms with Crippen molar-refractivity contribution in [3.8, 4) is 0 Å². The predicted molar refractivity (Wildman–Crippen MR) is 49.5 cm³/mol. The monoisotopic (exact) mass is 217 g/mol. The van der Waals surface area contributed by atoms with Gasteiger partial charge in [0.2, 0.25) is 0 Å². The normalized spacial score (nSPS) is 36.7. The van der Waals surface area contributed by atoms with Gasteiger partial charge in [-0.1, -0.05) is 28.1 Å². The smallest absolute Gasteiger partial charge is 0.114 e. The van der Waals surface area contributed by atoms with Crippen molar-refractivity contribution < 1.29 is 4.74 Å². The molecule has 0 spiro atoms. The van der Waals surface area contributed by atoms with Crippen LogP contribution in [0.25, 0.3) is 0 Å². The number of halogens is 1. The van der Waals surface area contributed by atoms with E-state index in [4.69, 9.17) is 10.5 Å². The van der Waals surface area contributed by atoms with E-state index in [-0.39, 0.29) is 10.4 Å². The first-order valence-corrected chi connectivity index (χ1v) is 4.25. The maximum atomic E-state index is 5.88. The molecule has 2 nitrogen and oxygen atoms in total. The second-order valence-electron chi connectivity index (χ2n) is 2.76. The molecule has 0 radical (unpaired) electrons. The predicted octanol–water partition coefficient (Wildman–Crippen LogP) is 1.57. The Kier molecular flexibility index (Phi) is 2.40. The van der Waals surface area contributed by atoms with E-state index >= 15 is 0 Å². The van der Waals surface area contributed by atoms with Crippen molar-refractivity contribution in [3.05, 3.63) is 24.0 Å². The zero-order valence-electron chi connectivity index (χ0n) is 6.67. The van der Waals surface area contributed by atoms with E-state index in [1.54, 1.807) is 7.11 Å². The fraction of sp³-hybridized carbons (Fsp3) is 0.500. The summed E-state index contributed by atoms with van der Waals surface area (Å²) in [6.07, 6.45) is 5.84. The Bertz CT molecular complexity index is 208. The molecule has 0 saturated heterocycles. The van der Waals surface area contributed by atoms with Crippen LogP contribution in [0.4, 0.5) is 0 Å². The second-order valence-corrected chi connectivity index (χ2v) is 4.47. The fourth-order valence-electron chi connectivity index (χ4n) is 1.01. The molecule has 1 rings (SSSR count). The van der Waals surface area contributed by atoms with E-state index in [9.17, 15) is 0 Å². The zero-order valence-corrected chi connectivity index (χ0v) is 8.26. The Morgan fingerprint density at radius 1 is 1.73 bits per heavy atom. The van der Waals surface area contributed by atoms with Gasteiger partial charge in [-0.3, -0.25) is 0 Å². The van der Waals surface area contributed by atoms with Crippen LogP contribution < -0.4 is 5.73 Å². The molecular weight excluding hydrogens is 206 g/mol. The van der Waals surface area contributed by atoms with E-state index in [2.05, 4.69) is 15.9 Å². The molecular formula is C8H12BrNO. The van der Waals surface area contributed by atoms with E-state index in [1.807, 2.05) is 25.2 Å². The lowest BCUT2D eigenvalue weighted by atomic mass is 9.96. The number of hydrogen-bond donors (Lipinski definition) is 1. The third-order valence-corrected chi connectivity index (χ3v) is 2.59. The van der Waals surface area contributed by atoms with Gasteiger partial charge < -0.3 is 10.5 Å². The highest BCUT2D eigenvalue weighted by Crippen LogP contribution is 2.29. The molecule has 2 atom stereocenters. The van der Waals surface area contributed by atoms with Gasteiger partial charge in [0.1, 0.15) is 5.76 Å². The number of ether oxygens (including phenoxy) is 1. The summed E-state index contributed by atoms with van der Waals surface area (Å²) in [6.45, 7) is 2.01. The van der Waals surface area contributed by atoms with Gasteiger partial charge in [-0.25, -0.2) is 0 Å². The van der Waals surface area contributed by atoms with Crippen molar-refractivity contribution >= 4 is 15.9 Å². The molecule has 1 aliphatic carbocycles. The average Bonchev–Trinajstić information content (AvgIpc) is 1.95. The van der Waals surface area contributed by atoms with Gasteiger partial charge in [-0.15, -0.1) is 0 Å². The molecule has 3 heteroatoms. The Balaban J connectivity index is 2.86. The summed E-state index contributed by atoms with van der Waals surface area (Å²) < 4.78 is 4.92. The number of methoxy groups -OCH3 is 1. The van der Waals surface area contributed by atoms with Crippen LogP contribution in [0.3, 0.4) is 0 Å². The third-order valence-electron chi connectivity index (χ3n) is 1.83. The van der Waals surface area contributed by atoms with Gasteiger partial charge in [-0.2, -0.15) is 0 Å². The van der Waals surface area contributed by atoms with Crippen LogP contribution in [0, 0.1) is 0 Å². The van der Waals surface area contributed by atoms with Gasteiger partial charge in [0.25, 0.3) is 0 Å². The van der Waals surface area contributed by atoms with Crippen molar-refractivity contribution in [3.63, 3.8) is 0 Å². The molecule has 0 fully saturated rings. The second kappa shape index (κ2) is 2.99. The minimum atomic E-state index is -0.174. The van der Waals surface area contributed by atoms with E-state index in [0.29, 0.717) is 0 Å². The van der Waals surface area contributed by atoms with Crippen LogP contribution in [0.2, 0.25) is 0 Å². The Labute approximate surface area is 75.2 Å². The van der Waals surface area contributed by atoms with Gasteiger partial charge in [0.15, 0.2) is 0 Å². The lowest BCUT2D eigenvalue weighted by Gasteiger charge is -2.29. The first kappa shape index (κ1) is 8.81. The first-order chi connectivity index (χ1) is 5.08. The SMILES string of the molecule is COC1=CC=CC(C)(Br)C1N. The molecule has 0 amide bonds. The Hall–Kier alpha value is -0.280. The summed E-state index contributed by atoms with van der Waals surface area (Å²) in [5.41, 5.74) is 5.88. The Morgan fingerprint density at radius 2 is 2.36 bits per heavy atom. The Morgan fingerprint density at radius 3 is 2.82 bits per heavy atom. The molecule has 0 heterocycles. The minimum absolute atomic E-state index is 0.0995. The van der Waals surface area contributed by atoms with Crippen LogP contribution in [0.5, 0.6) is 0 Å². The molecule has 0 saturated carbocycles. The van der Waals surface area contributed by atoms with E-state index in [1.165, 1.54) is 0 Å². The van der Waals surface area contributed by atoms with Gasteiger partial charge in [0.05, 0.1) is 17.5 Å². The molecule has 0 aromatic carbocycles. The van der Waals surface area contributed by atoms with Crippen molar-refractivity contribution in [1.82, 2.24) is 0 Å². The maximum Gasteiger partial charge on any atom is 0.114 e. The molecule has 0 aliphatic heterocycles. The molecule has 0 aromatic heterocycles. The van der Waals surface area contributed by atoms with Crippen molar-refractivity contribution in [2.45, 2.75) is 17.3 Å². The summed E-state index contributed by atoms with van der Waals surface area (Å²) in [5.74, 6) is 0.812. The standard InChI is InChI=1S/C8H12BrNO/c1-8(9)5-3-4-6(11-2)7(8)10/h3-5,7H,10H2,1-2H3. The van der Waals surface area contributed by atoms with Gasteiger partial charge in [0, 0.05) is 0 Å². The average molecular weight is 218 g/mol. The highest BCUT2D eigenvalue weighted by Gasteiger charge is 2.31. The van der Waals surface area contributed by atoms with Crippen LogP contribution >= 0.6 is 15.9 Å². The summed E-state index contributed by atoms with van der Waals surface area (Å²) >= 11 is 3.51. The number of hydrogen-bond acceptors (Lipinski definition) is 2. The van der Waals surface area contributed by atoms with Crippen LogP contribution in [0.1, 0.15) is 6.92 Å². The van der Waals surface area contributed by atoms with Crippen LogP contribution in [-0.4, -0.2) is 17.5 Å². The largest absolute Gasteiger partial charge is 0.499 e. The van der Waals surface area contributed by atoms with Crippen LogP contribution in [-0.2, 0) is 4.74 Å². The molecule has 11 heavy (non-hydrogen) atoms. The molecule has 62 valence electrons. The molecule has 0 aromatic rings. The van der Waals surface area contributed by atoms with E-state index < -0.39 is 0 Å². The minimum Gasteiger partial charge on any atom is -0.499 e. The van der Waals surface area contributed by atoms with Crippen molar-refractivity contribution in [2.24, 2.45) is 5.73 Å². The summed E-state index contributed by atoms with van der Waals surface area (Å²) in [4.78, 5) is 0. The zero-order chi connectivity index (χ0) is 8.48. The molecule has 2 unspecified atom stereocenters. The molecule has 2 N–H and O–H groups in total. The number of allylic oxidation sites excluding steroid dienone is 2. The summed E-state index contributed by atoms with van der Waals surface area (Å²) in [5, 5.41) is 0. The number of rotatable bonds is 1.